The van der Waals surface area contributed by atoms with E-state index in [2.05, 4.69) is 5.32 Å². The monoisotopic (exact) mass is 226 g/mol. The van der Waals surface area contributed by atoms with E-state index in [0.717, 1.165) is 17.1 Å². The van der Waals surface area contributed by atoms with Crippen LogP contribution in [0, 0.1) is 6.92 Å². The number of primary amides is 1. The van der Waals surface area contributed by atoms with E-state index in [1.807, 2.05) is 25.1 Å². The smallest absolute Gasteiger partial charge is 0.218 e. The Morgan fingerprint density at radius 2 is 2.27 bits per heavy atom. The molecule has 1 aromatic rings. The van der Waals surface area contributed by atoms with Crippen LogP contribution in [0.25, 0.3) is 0 Å². The predicted octanol–water partition coefficient (Wildman–Crippen LogP) is 1.61. The number of carbonyl (C=O) groups is 1. The predicted molar refractivity (Wildman–Crippen MR) is 61.7 cm³/mol. The van der Waals surface area contributed by atoms with E-state index in [4.69, 9.17) is 17.3 Å². The molecule has 1 rings (SSSR count). The van der Waals surface area contributed by atoms with Gasteiger partial charge in [0, 0.05) is 24.5 Å². The van der Waals surface area contributed by atoms with Gasteiger partial charge in [-0.1, -0.05) is 17.7 Å². The van der Waals surface area contributed by atoms with Crippen LogP contribution in [-0.2, 0) is 11.3 Å². The number of aryl methyl sites for hydroxylation is 1. The Morgan fingerprint density at radius 1 is 1.53 bits per heavy atom. The molecule has 15 heavy (non-hydrogen) atoms. The van der Waals surface area contributed by atoms with Gasteiger partial charge < -0.3 is 11.1 Å². The summed E-state index contributed by atoms with van der Waals surface area (Å²) in [6.07, 6.45) is 0.368. The molecule has 3 N–H and O–H groups in total. The van der Waals surface area contributed by atoms with Crippen molar-refractivity contribution in [3.8, 4) is 0 Å². The van der Waals surface area contributed by atoms with Crippen molar-refractivity contribution in [3.05, 3.63) is 34.3 Å². The number of hydrogen-bond donors (Lipinski definition) is 2. The lowest BCUT2D eigenvalue weighted by molar-refractivity contribution is -0.117. The van der Waals surface area contributed by atoms with Crippen molar-refractivity contribution in [2.45, 2.75) is 19.9 Å². The molecular weight excluding hydrogens is 212 g/mol. The van der Waals surface area contributed by atoms with E-state index >= 15 is 0 Å². The number of benzene rings is 1. The maximum Gasteiger partial charge on any atom is 0.218 e. The minimum absolute atomic E-state index is 0.282. The average molecular weight is 227 g/mol. The molecule has 1 aromatic carbocycles. The highest BCUT2D eigenvalue weighted by Crippen LogP contribution is 2.14. The van der Waals surface area contributed by atoms with Gasteiger partial charge in [-0.25, -0.2) is 0 Å². The van der Waals surface area contributed by atoms with Gasteiger partial charge in [-0.15, -0.1) is 0 Å². The third-order valence-corrected chi connectivity index (χ3v) is 2.40. The lowest BCUT2D eigenvalue weighted by Gasteiger charge is -2.07. The van der Waals surface area contributed by atoms with Crippen LogP contribution in [0.15, 0.2) is 18.2 Å². The molecule has 0 aliphatic heterocycles. The number of hydrogen-bond acceptors (Lipinski definition) is 2. The molecule has 0 heterocycles. The summed E-state index contributed by atoms with van der Waals surface area (Å²) in [5.41, 5.74) is 7.36. The second-order valence-electron chi connectivity index (χ2n) is 3.46. The maximum atomic E-state index is 10.5. The van der Waals surface area contributed by atoms with Crippen molar-refractivity contribution in [1.82, 2.24) is 5.32 Å². The molecule has 0 aliphatic carbocycles. The summed E-state index contributed by atoms with van der Waals surface area (Å²) in [6, 6.07) is 5.77. The molecule has 0 saturated carbocycles. The molecule has 0 bridgehead atoms. The van der Waals surface area contributed by atoms with Crippen LogP contribution in [0.3, 0.4) is 0 Å². The largest absolute Gasteiger partial charge is 0.370 e. The van der Waals surface area contributed by atoms with Gasteiger partial charge >= 0.3 is 0 Å². The minimum atomic E-state index is -0.282. The molecule has 82 valence electrons. The summed E-state index contributed by atoms with van der Waals surface area (Å²) in [5, 5.41) is 3.89. The second kappa shape index (κ2) is 5.73. The molecule has 4 heteroatoms. The van der Waals surface area contributed by atoms with Crippen LogP contribution in [0.5, 0.6) is 0 Å². The van der Waals surface area contributed by atoms with Gasteiger partial charge in [0.25, 0.3) is 0 Å². The van der Waals surface area contributed by atoms with Gasteiger partial charge in [-0.3, -0.25) is 4.79 Å². The van der Waals surface area contributed by atoms with E-state index in [-0.39, 0.29) is 5.91 Å². The van der Waals surface area contributed by atoms with Crippen LogP contribution in [0.2, 0.25) is 5.02 Å². The first-order chi connectivity index (χ1) is 7.09. The van der Waals surface area contributed by atoms with Crippen LogP contribution in [-0.4, -0.2) is 12.5 Å². The lowest BCUT2D eigenvalue weighted by atomic mass is 10.1. The second-order valence-corrected chi connectivity index (χ2v) is 3.90. The molecule has 0 spiro atoms. The topological polar surface area (TPSA) is 55.1 Å². The van der Waals surface area contributed by atoms with Crippen molar-refractivity contribution < 1.29 is 4.79 Å². The molecule has 3 nitrogen and oxygen atoms in total. The summed E-state index contributed by atoms with van der Waals surface area (Å²) in [5.74, 6) is -0.282. The van der Waals surface area contributed by atoms with Gasteiger partial charge in [0.15, 0.2) is 0 Å². The highest BCUT2D eigenvalue weighted by atomic mass is 35.5. The van der Waals surface area contributed by atoms with Crippen LogP contribution in [0.1, 0.15) is 17.5 Å². The molecule has 0 saturated heterocycles. The maximum absolute atomic E-state index is 10.5. The summed E-state index contributed by atoms with van der Waals surface area (Å²) >= 11 is 5.84. The summed E-state index contributed by atoms with van der Waals surface area (Å²) in [7, 11) is 0. The normalized spacial score (nSPS) is 10.3. The van der Waals surface area contributed by atoms with Crippen molar-refractivity contribution in [3.63, 3.8) is 0 Å². The standard InChI is InChI=1S/C11H15ClN2O/c1-8-6-10(12)3-2-9(8)7-14-5-4-11(13)15/h2-3,6,14H,4-5,7H2,1H3,(H2,13,15). The zero-order chi connectivity index (χ0) is 11.3. The molecule has 0 atom stereocenters. The molecule has 0 unspecified atom stereocenters. The number of nitrogens with one attached hydrogen (secondary N) is 1. The molecule has 0 aromatic heterocycles. The van der Waals surface area contributed by atoms with Crippen LogP contribution in [0.4, 0.5) is 0 Å². The van der Waals surface area contributed by atoms with E-state index in [1.54, 1.807) is 0 Å². The Labute approximate surface area is 94.6 Å². The van der Waals surface area contributed by atoms with E-state index < -0.39 is 0 Å². The van der Waals surface area contributed by atoms with Crippen molar-refractivity contribution in [2.24, 2.45) is 5.73 Å². The Kier molecular flexibility index (Phi) is 4.59. The quantitative estimate of drug-likeness (QED) is 0.750. The summed E-state index contributed by atoms with van der Waals surface area (Å²) in [4.78, 5) is 10.5. The van der Waals surface area contributed by atoms with Gasteiger partial charge in [0.2, 0.25) is 5.91 Å². The first-order valence-corrected chi connectivity index (χ1v) is 5.21. The fourth-order valence-electron chi connectivity index (χ4n) is 1.29. The molecule has 1 amide bonds. The molecular formula is C11H15ClN2O. The van der Waals surface area contributed by atoms with Crippen molar-refractivity contribution >= 4 is 17.5 Å². The van der Waals surface area contributed by atoms with Gasteiger partial charge in [0.05, 0.1) is 0 Å². The first-order valence-electron chi connectivity index (χ1n) is 4.83. The van der Waals surface area contributed by atoms with E-state index in [0.29, 0.717) is 13.0 Å². The van der Waals surface area contributed by atoms with Crippen molar-refractivity contribution in [1.29, 1.82) is 0 Å². The lowest BCUT2D eigenvalue weighted by Crippen LogP contribution is -2.21. The Bertz CT molecular complexity index is 352. The molecule has 0 aliphatic rings. The highest BCUT2D eigenvalue weighted by molar-refractivity contribution is 6.30. The molecule has 0 radical (unpaired) electrons. The van der Waals surface area contributed by atoms with Crippen LogP contribution < -0.4 is 11.1 Å². The highest BCUT2D eigenvalue weighted by Gasteiger charge is 1.99. The van der Waals surface area contributed by atoms with Gasteiger partial charge in [-0.05, 0) is 30.2 Å². The number of halogens is 1. The Balaban J connectivity index is 2.40. The van der Waals surface area contributed by atoms with Gasteiger partial charge in [-0.2, -0.15) is 0 Å². The number of nitrogens with two attached hydrogens (primary N) is 1. The first kappa shape index (κ1) is 12.0. The fourth-order valence-corrected chi connectivity index (χ4v) is 1.52. The Morgan fingerprint density at radius 3 is 2.87 bits per heavy atom. The summed E-state index contributed by atoms with van der Waals surface area (Å²) < 4.78 is 0. The number of carbonyl (C=O) groups excluding carboxylic acids is 1. The third kappa shape index (κ3) is 4.32. The third-order valence-electron chi connectivity index (χ3n) is 2.17. The zero-order valence-corrected chi connectivity index (χ0v) is 9.47. The van der Waals surface area contributed by atoms with Gasteiger partial charge in [0.1, 0.15) is 0 Å². The van der Waals surface area contributed by atoms with E-state index in [9.17, 15) is 4.79 Å². The zero-order valence-electron chi connectivity index (χ0n) is 8.72. The fraction of sp³-hybridized carbons (Fsp3) is 0.364. The Hall–Kier alpha value is -1.06. The summed E-state index contributed by atoms with van der Waals surface area (Å²) in [6.45, 7) is 3.35. The SMILES string of the molecule is Cc1cc(Cl)ccc1CNCCC(N)=O. The molecule has 0 fully saturated rings. The minimum Gasteiger partial charge on any atom is -0.370 e. The van der Waals surface area contributed by atoms with Crippen molar-refractivity contribution in [2.75, 3.05) is 6.54 Å². The average Bonchev–Trinajstić information content (AvgIpc) is 2.14. The van der Waals surface area contributed by atoms with E-state index in [1.165, 1.54) is 5.56 Å². The number of amides is 1. The van der Waals surface area contributed by atoms with Crippen LogP contribution >= 0.6 is 11.6 Å². The number of rotatable bonds is 5.